The molecule has 3 N–H and O–H groups in total. The highest BCUT2D eigenvalue weighted by atomic mass is 32.2. The van der Waals surface area contributed by atoms with Crippen LogP contribution in [0.5, 0.6) is 0 Å². The zero-order valence-electron chi connectivity index (χ0n) is 23.2. The molecule has 2 saturated heterocycles. The standard InChI is InChI=1S/C27H34N10O3S/c1-18-3-4-20(35-9-7-34(2)8-10-35)15-22(18)31-27(38)40-41-37-6-5-21-23(19-16-29-25(28)30-17-19)32-26(33-24(21)37)36-11-13-39-14-12-36/h3-4,15-17H,5-14H2,1-2H3,(H,31,38)(H2,28,29,30). The first-order chi connectivity index (χ1) is 19.9. The molecule has 0 spiro atoms. The van der Waals surface area contributed by atoms with Crippen molar-refractivity contribution < 1.29 is 13.7 Å². The summed E-state index contributed by atoms with van der Waals surface area (Å²) in [6, 6.07) is 6.14. The molecule has 0 atom stereocenters. The predicted octanol–water partition coefficient (Wildman–Crippen LogP) is 2.59. The normalized spacial score (nSPS) is 17.5. The average molecular weight is 579 g/mol. The minimum Gasteiger partial charge on any atom is -0.378 e. The maximum absolute atomic E-state index is 12.9. The molecule has 13 nitrogen and oxygen atoms in total. The number of likely N-dealkylation sites (N-methyl/N-ethyl adjacent to an activating group) is 1. The number of carbonyl (C=O) groups is 1. The number of hydrogen-bond acceptors (Lipinski definition) is 13. The highest BCUT2D eigenvalue weighted by molar-refractivity contribution is 7.96. The molecule has 0 bridgehead atoms. The van der Waals surface area contributed by atoms with Crippen molar-refractivity contribution in [2.75, 3.05) is 91.2 Å². The number of ether oxygens (including phenoxy) is 1. The Balaban J connectivity index is 1.18. The van der Waals surface area contributed by atoms with E-state index in [2.05, 4.69) is 43.1 Å². The van der Waals surface area contributed by atoms with Gasteiger partial charge < -0.3 is 29.4 Å². The van der Waals surface area contributed by atoms with E-state index in [1.54, 1.807) is 12.4 Å². The van der Waals surface area contributed by atoms with Gasteiger partial charge in [-0.3, -0.25) is 9.62 Å². The van der Waals surface area contributed by atoms with Crippen LogP contribution in [0.1, 0.15) is 11.1 Å². The van der Waals surface area contributed by atoms with Gasteiger partial charge in [0.05, 0.1) is 18.9 Å². The van der Waals surface area contributed by atoms with E-state index >= 15 is 0 Å². The Bertz CT molecular complexity index is 1390. The number of nitrogens with one attached hydrogen (secondary N) is 1. The fourth-order valence-electron chi connectivity index (χ4n) is 5.11. The van der Waals surface area contributed by atoms with E-state index < -0.39 is 6.09 Å². The molecule has 0 aliphatic carbocycles. The molecule has 14 heteroatoms. The third-order valence-electron chi connectivity index (χ3n) is 7.54. The van der Waals surface area contributed by atoms with E-state index in [0.717, 1.165) is 72.2 Å². The first kappa shape index (κ1) is 27.3. The van der Waals surface area contributed by atoms with Crippen molar-refractivity contribution in [2.45, 2.75) is 13.3 Å². The zero-order valence-corrected chi connectivity index (χ0v) is 24.1. The molecular weight excluding hydrogens is 544 g/mol. The van der Waals surface area contributed by atoms with Crippen molar-refractivity contribution in [3.8, 4) is 11.3 Å². The Morgan fingerprint density at radius 1 is 1.02 bits per heavy atom. The minimum absolute atomic E-state index is 0.203. The highest BCUT2D eigenvalue weighted by Crippen LogP contribution is 2.38. The third kappa shape index (κ3) is 6.09. The van der Waals surface area contributed by atoms with Crippen molar-refractivity contribution in [1.29, 1.82) is 0 Å². The van der Waals surface area contributed by atoms with Gasteiger partial charge in [-0.25, -0.2) is 19.7 Å². The number of benzene rings is 1. The molecule has 5 heterocycles. The number of hydrogen-bond donors (Lipinski definition) is 2. The number of aryl methyl sites for hydroxylation is 1. The summed E-state index contributed by atoms with van der Waals surface area (Å²) < 4.78 is 13.0. The summed E-state index contributed by atoms with van der Waals surface area (Å²) in [4.78, 5) is 37.8. The van der Waals surface area contributed by atoms with Gasteiger partial charge in [-0.15, -0.1) is 0 Å². The molecule has 0 unspecified atom stereocenters. The largest absolute Gasteiger partial charge is 0.425 e. The monoisotopic (exact) mass is 578 g/mol. The Hall–Kier alpha value is -3.88. The lowest BCUT2D eigenvalue weighted by atomic mass is 10.1. The van der Waals surface area contributed by atoms with Crippen LogP contribution in [-0.4, -0.2) is 97.0 Å². The van der Waals surface area contributed by atoms with Gasteiger partial charge in [-0.2, -0.15) is 4.98 Å². The van der Waals surface area contributed by atoms with Crippen LogP contribution in [0.4, 0.5) is 33.9 Å². The van der Waals surface area contributed by atoms with Gasteiger partial charge in [0.15, 0.2) is 18.0 Å². The van der Waals surface area contributed by atoms with E-state index in [1.807, 2.05) is 23.4 Å². The summed E-state index contributed by atoms with van der Waals surface area (Å²) in [6.07, 6.45) is 3.48. The van der Waals surface area contributed by atoms with Crippen molar-refractivity contribution >= 4 is 47.4 Å². The molecule has 0 saturated carbocycles. The number of carbonyl (C=O) groups excluding carboxylic acids is 1. The topological polar surface area (TPSA) is 138 Å². The number of anilines is 5. The van der Waals surface area contributed by atoms with E-state index in [-0.39, 0.29) is 5.95 Å². The van der Waals surface area contributed by atoms with Crippen LogP contribution in [0, 0.1) is 6.92 Å². The Morgan fingerprint density at radius 2 is 1.78 bits per heavy atom. The Morgan fingerprint density at radius 3 is 2.54 bits per heavy atom. The maximum atomic E-state index is 12.9. The number of morpholine rings is 1. The molecule has 2 aromatic heterocycles. The van der Waals surface area contributed by atoms with Gasteiger partial charge in [-0.1, -0.05) is 6.07 Å². The number of nitrogen functional groups attached to an aromatic ring is 1. The van der Waals surface area contributed by atoms with E-state index in [4.69, 9.17) is 24.6 Å². The average Bonchev–Trinajstić information content (AvgIpc) is 3.41. The van der Waals surface area contributed by atoms with Gasteiger partial charge in [0.2, 0.25) is 11.9 Å². The number of amides is 1. The van der Waals surface area contributed by atoms with Gasteiger partial charge in [0.1, 0.15) is 0 Å². The molecule has 1 aromatic carbocycles. The summed E-state index contributed by atoms with van der Waals surface area (Å²) >= 11 is 0.975. The first-order valence-electron chi connectivity index (χ1n) is 13.7. The van der Waals surface area contributed by atoms with Crippen LogP contribution in [0.15, 0.2) is 30.6 Å². The van der Waals surface area contributed by atoms with Crippen LogP contribution < -0.4 is 25.2 Å². The van der Waals surface area contributed by atoms with Crippen molar-refractivity contribution in [3.63, 3.8) is 0 Å². The molecule has 6 rings (SSSR count). The van der Waals surface area contributed by atoms with Gasteiger partial charge >= 0.3 is 6.09 Å². The Labute approximate surface area is 243 Å². The van der Waals surface area contributed by atoms with E-state index in [0.29, 0.717) is 51.0 Å². The second-order valence-electron chi connectivity index (χ2n) is 10.3. The second kappa shape index (κ2) is 11.9. The maximum Gasteiger partial charge on any atom is 0.425 e. The lowest BCUT2D eigenvalue weighted by Crippen LogP contribution is -2.44. The van der Waals surface area contributed by atoms with E-state index in [1.165, 1.54) is 0 Å². The van der Waals surface area contributed by atoms with E-state index in [9.17, 15) is 4.79 Å². The van der Waals surface area contributed by atoms with Gasteiger partial charge in [-0.05, 0) is 38.1 Å². The smallest absolute Gasteiger partial charge is 0.378 e. The fraction of sp³-hybridized carbons (Fsp3) is 0.444. The van der Waals surface area contributed by atoms with Crippen molar-refractivity contribution in [1.82, 2.24) is 24.8 Å². The molecular formula is C27H34N10O3S. The first-order valence-corrected chi connectivity index (χ1v) is 14.4. The molecule has 2 fully saturated rings. The fourth-order valence-corrected chi connectivity index (χ4v) is 5.70. The number of rotatable bonds is 6. The molecule has 41 heavy (non-hydrogen) atoms. The number of nitrogens with two attached hydrogens (primary N) is 1. The molecule has 0 radical (unpaired) electrons. The number of piperazine rings is 1. The number of fused-ring (bicyclic) bond motifs is 1. The summed E-state index contributed by atoms with van der Waals surface area (Å²) in [5, 5.41) is 2.92. The predicted molar refractivity (Wildman–Crippen MR) is 160 cm³/mol. The van der Waals surface area contributed by atoms with Gasteiger partial charge in [0.25, 0.3) is 0 Å². The van der Waals surface area contributed by atoms with Gasteiger partial charge in [0, 0.05) is 80.7 Å². The second-order valence-corrected chi connectivity index (χ2v) is 11.1. The summed E-state index contributed by atoms with van der Waals surface area (Å²) in [5.74, 6) is 1.50. The summed E-state index contributed by atoms with van der Waals surface area (Å²) in [5.41, 5.74) is 11.0. The van der Waals surface area contributed by atoms with Crippen LogP contribution in [0.3, 0.4) is 0 Å². The summed E-state index contributed by atoms with van der Waals surface area (Å²) in [7, 11) is 2.13. The third-order valence-corrected chi connectivity index (χ3v) is 8.30. The molecule has 1 amide bonds. The van der Waals surface area contributed by atoms with Crippen molar-refractivity contribution in [3.05, 3.63) is 41.7 Å². The highest BCUT2D eigenvalue weighted by Gasteiger charge is 2.30. The molecule has 3 aromatic rings. The van der Waals surface area contributed by atoms with Crippen LogP contribution in [0.25, 0.3) is 11.3 Å². The quantitative estimate of drug-likeness (QED) is 0.328. The van der Waals surface area contributed by atoms with Crippen LogP contribution in [-0.2, 0) is 15.3 Å². The lowest BCUT2D eigenvalue weighted by Gasteiger charge is -2.34. The summed E-state index contributed by atoms with van der Waals surface area (Å²) in [6.45, 7) is 9.10. The number of aromatic nitrogens is 4. The van der Waals surface area contributed by atoms with Crippen molar-refractivity contribution in [2.24, 2.45) is 0 Å². The molecule has 216 valence electrons. The number of nitrogens with zero attached hydrogens (tertiary/aromatic N) is 8. The minimum atomic E-state index is -0.545. The molecule has 3 aliphatic rings. The van der Waals surface area contributed by atoms with Crippen LogP contribution in [0.2, 0.25) is 0 Å². The SMILES string of the molecule is Cc1ccc(N2CCN(C)CC2)cc1NC(=O)OSN1CCc2c(-c3cnc(N)nc3)nc(N3CCOCC3)nc21. The Kier molecular flexibility index (Phi) is 7.94. The lowest BCUT2D eigenvalue weighted by molar-refractivity contribution is 0.122. The zero-order chi connectivity index (χ0) is 28.3. The molecule has 3 aliphatic heterocycles. The van der Waals surface area contributed by atoms with Crippen LogP contribution >= 0.6 is 12.2 Å².